The maximum absolute atomic E-state index is 12.9. The summed E-state index contributed by atoms with van der Waals surface area (Å²) in [5.41, 5.74) is 0.777. The van der Waals surface area contributed by atoms with E-state index in [9.17, 15) is 9.18 Å². The van der Waals surface area contributed by atoms with Crippen LogP contribution in [-0.2, 0) is 13.2 Å². The van der Waals surface area contributed by atoms with Gasteiger partial charge < -0.3 is 19.2 Å². The molecule has 0 aliphatic carbocycles. The second-order valence-corrected chi connectivity index (χ2v) is 5.59. The molecule has 27 heavy (non-hydrogen) atoms. The van der Waals surface area contributed by atoms with E-state index in [0.717, 1.165) is 5.56 Å². The number of amides is 1. The molecule has 3 rings (SSSR count). The first-order valence-electron chi connectivity index (χ1n) is 8.47. The number of furan rings is 1. The molecule has 6 nitrogen and oxygen atoms in total. The van der Waals surface area contributed by atoms with E-state index < -0.39 is 0 Å². The van der Waals surface area contributed by atoms with Crippen LogP contribution < -0.4 is 14.8 Å². The summed E-state index contributed by atoms with van der Waals surface area (Å²) in [6, 6.07) is 12.5. The first-order valence-corrected chi connectivity index (χ1v) is 8.47. The first kappa shape index (κ1) is 18.4. The van der Waals surface area contributed by atoms with Gasteiger partial charge in [-0.25, -0.2) is 9.37 Å². The summed E-state index contributed by atoms with van der Waals surface area (Å²) in [6.45, 7) is 2.77. The molecular weight excluding hydrogens is 351 g/mol. The van der Waals surface area contributed by atoms with Gasteiger partial charge in [-0.05, 0) is 49.4 Å². The van der Waals surface area contributed by atoms with Crippen molar-refractivity contribution in [3.05, 3.63) is 77.6 Å². The molecule has 7 heteroatoms. The van der Waals surface area contributed by atoms with E-state index in [1.807, 2.05) is 13.0 Å². The number of aromatic nitrogens is 1. The summed E-state index contributed by atoms with van der Waals surface area (Å²) < 4.78 is 29.3. The molecule has 0 spiro atoms. The lowest BCUT2D eigenvalue weighted by atomic mass is 10.2. The van der Waals surface area contributed by atoms with Gasteiger partial charge in [0, 0.05) is 18.3 Å². The molecule has 0 atom stereocenters. The highest BCUT2D eigenvalue weighted by molar-refractivity contribution is 5.91. The number of rotatable bonds is 8. The smallest absolute Gasteiger partial charge is 0.287 e. The Kier molecular flexibility index (Phi) is 6.04. The topological polar surface area (TPSA) is 73.6 Å². The minimum absolute atomic E-state index is 0.135. The molecule has 0 bridgehead atoms. The van der Waals surface area contributed by atoms with Gasteiger partial charge in [0.1, 0.15) is 23.9 Å². The fourth-order valence-corrected chi connectivity index (χ4v) is 2.35. The Hall–Kier alpha value is -3.35. The minimum Gasteiger partial charge on any atom is -0.486 e. The summed E-state index contributed by atoms with van der Waals surface area (Å²) in [5, 5.41) is 2.77. The molecule has 0 aliphatic rings. The molecule has 0 aliphatic heterocycles. The van der Waals surface area contributed by atoms with E-state index in [-0.39, 0.29) is 30.6 Å². The lowest BCUT2D eigenvalue weighted by Crippen LogP contribution is -2.22. The predicted molar refractivity (Wildman–Crippen MR) is 96.0 cm³/mol. The maximum Gasteiger partial charge on any atom is 0.287 e. The van der Waals surface area contributed by atoms with Crippen LogP contribution in [0.4, 0.5) is 4.39 Å². The van der Waals surface area contributed by atoms with Crippen LogP contribution in [0.15, 0.2) is 59.1 Å². The van der Waals surface area contributed by atoms with E-state index in [1.165, 1.54) is 24.3 Å². The Labute approximate surface area is 155 Å². The number of nitrogens with zero attached hydrogens (tertiary/aromatic N) is 1. The van der Waals surface area contributed by atoms with Crippen molar-refractivity contribution in [2.75, 3.05) is 6.61 Å². The van der Waals surface area contributed by atoms with Crippen molar-refractivity contribution in [1.29, 1.82) is 0 Å². The lowest BCUT2D eigenvalue weighted by molar-refractivity contribution is 0.0918. The fourth-order valence-electron chi connectivity index (χ4n) is 2.35. The number of hydrogen-bond acceptors (Lipinski definition) is 5. The molecule has 140 valence electrons. The van der Waals surface area contributed by atoms with E-state index in [1.54, 1.807) is 24.4 Å². The number of carbonyl (C=O) groups is 1. The van der Waals surface area contributed by atoms with Gasteiger partial charge in [-0.2, -0.15) is 0 Å². The summed E-state index contributed by atoms with van der Waals surface area (Å²) in [7, 11) is 0. The average Bonchev–Trinajstić information content (AvgIpc) is 3.16. The highest BCUT2D eigenvalue weighted by Gasteiger charge is 2.13. The monoisotopic (exact) mass is 370 g/mol. The van der Waals surface area contributed by atoms with Gasteiger partial charge in [0.2, 0.25) is 5.88 Å². The van der Waals surface area contributed by atoms with Crippen molar-refractivity contribution < 1.29 is 23.1 Å². The zero-order valence-corrected chi connectivity index (χ0v) is 14.8. The number of benzene rings is 1. The number of hydrogen-bond donors (Lipinski definition) is 1. The summed E-state index contributed by atoms with van der Waals surface area (Å²) in [4.78, 5) is 16.4. The average molecular weight is 370 g/mol. The Morgan fingerprint density at radius 1 is 1.15 bits per heavy atom. The predicted octanol–water partition coefficient (Wildman–Crippen LogP) is 3.72. The van der Waals surface area contributed by atoms with Crippen LogP contribution >= 0.6 is 0 Å². The van der Waals surface area contributed by atoms with Crippen molar-refractivity contribution >= 4 is 5.91 Å². The van der Waals surface area contributed by atoms with Crippen LogP contribution in [0.1, 0.15) is 28.8 Å². The van der Waals surface area contributed by atoms with Gasteiger partial charge in [0.05, 0.1) is 6.61 Å². The molecule has 2 heterocycles. The molecule has 2 aromatic heterocycles. The van der Waals surface area contributed by atoms with E-state index in [2.05, 4.69) is 10.3 Å². The summed E-state index contributed by atoms with van der Waals surface area (Å²) >= 11 is 0. The Bertz CT molecular complexity index is 893. The minimum atomic E-state index is -0.352. The third-order valence-electron chi connectivity index (χ3n) is 3.65. The molecule has 0 radical (unpaired) electrons. The van der Waals surface area contributed by atoms with Crippen molar-refractivity contribution in [2.45, 2.75) is 20.1 Å². The normalized spacial score (nSPS) is 10.4. The van der Waals surface area contributed by atoms with Crippen molar-refractivity contribution in [1.82, 2.24) is 10.3 Å². The number of carbonyl (C=O) groups excluding carboxylic acids is 1. The lowest BCUT2D eigenvalue weighted by Gasteiger charge is -2.09. The van der Waals surface area contributed by atoms with E-state index >= 15 is 0 Å². The number of pyridine rings is 1. The zero-order chi connectivity index (χ0) is 19.1. The zero-order valence-electron chi connectivity index (χ0n) is 14.8. The molecule has 0 fully saturated rings. The Morgan fingerprint density at radius 2 is 1.96 bits per heavy atom. The quantitative estimate of drug-likeness (QED) is 0.654. The highest BCUT2D eigenvalue weighted by Crippen LogP contribution is 2.16. The van der Waals surface area contributed by atoms with Gasteiger partial charge in [0.25, 0.3) is 5.91 Å². The molecule has 1 N–H and O–H groups in total. The highest BCUT2D eigenvalue weighted by atomic mass is 19.1. The van der Waals surface area contributed by atoms with Gasteiger partial charge in [-0.3, -0.25) is 4.79 Å². The van der Waals surface area contributed by atoms with Crippen LogP contribution in [0, 0.1) is 5.82 Å². The maximum atomic E-state index is 12.9. The summed E-state index contributed by atoms with van der Waals surface area (Å²) in [5.74, 6) is 0.983. The fraction of sp³-hybridized carbons (Fsp3) is 0.200. The third-order valence-corrected chi connectivity index (χ3v) is 3.65. The SMILES string of the molecule is CCOc1ncccc1CNC(=O)c1ccc(COc2ccc(F)cc2)o1. The van der Waals surface area contributed by atoms with Crippen LogP contribution in [-0.4, -0.2) is 17.5 Å². The Balaban J connectivity index is 1.54. The number of ether oxygens (including phenoxy) is 2. The molecular formula is C20H19FN2O4. The van der Waals surface area contributed by atoms with E-state index in [4.69, 9.17) is 13.9 Å². The van der Waals surface area contributed by atoms with Gasteiger partial charge in [-0.1, -0.05) is 6.07 Å². The van der Waals surface area contributed by atoms with Crippen molar-refractivity contribution in [3.8, 4) is 11.6 Å². The second-order valence-electron chi connectivity index (χ2n) is 5.59. The van der Waals surface area contributed by atoms with Crippen molar-refractivity contribution in [2.24, 2.45) is 0 Å². The third kappa shape index (κ3) is 5.07. The van der Waals surface area contributed by atoms with Crippen LogP contribution in [0.2, 0.25) is 0 Å². The molecule has 0 saturated carbocycles. The largest absolute Gasteiger partial charge is 0.486 e. The Morgan fingerprint density at radius 3 is 2.74 bits per heavy atom. The molecule has 3 aromatic rings. The van der Waals surface area contributed by atoms with Crippen LogP contribution in [0.25, 0.3) is 0 Å². The van der Waals surface area contributed by atoms with Crippen LogP contribution in [0.5, 0.6) is 11.6 Å². The molecule has 1 aromatic carbocycles. The van der Waals surface area contributed by atoms with Crippen LogP contribution in [0.3, 0.4) is 0 Å². The number of nitrogens with one attached hydrogen (secondary N) is 1. The summed E-state index contributed by atoms with van der Waals surface area (Å²) in [6.07, 6.45) is 1.64. The first-order chi connectivity index (χ1) is 13.2. The standard InChI is InChI=1S/C20H19FN2O4/c1-2-25-20-14(4-3-11-22-20)12-23-19(24)18-10-9-17(27-18)13-26-16-7-5-15(21)6-8-16/h3-11H,2,12-13H2,1H3,(H,23,24). The van der Waals surface area contributed by atoms with E-state index in [0.29, 0.717) is 24.0 Å². The molecule has 1 amide bonds. The van der Waals surface area contributed by atoms with Gasteiger partial charge >= 0.3 is 0 Å². The van der Waals surface area contributed by atoms with Crippen molar-refractivity contribution in [3.63, 3.8) is 0 Å². The second kappa shape index (κ2) is 8.84. The number of halogens is 1. The van der Waals surface area contributed by atoms with Gasteiger partial charge in [0.15, 0.2) is 5.76 Å². The van der Waals surface area contributed by atoms with Gasteiger partial charge in [-0.15, -0.1) is 0 Å². The molecule has 0 saturated heterocycles. The molecule has 0 unspecified atom stereocenters.